The first-order valence-electron chi connectivity index (χ1n) is 6.21. The standard InChI is InChI=1S/C12H18N2O5/c1-17-11(15)13-10-5-3-4-8-6-14(7-9(8)10)19-12(16)18-2/h8H,3-7H2,1-2H3,(H,13,15). The van der Waals surface area contributed by atoms with E-state index < -0.39 is 12.2 Å². The highest BCUT2D eigenvalue weighted by molar-refractivity contribution is 5.69. The van der Waals surface area contributed by atoms with Crippen LogP contribution in [0.4, 0.5) is 9.59 Å². The van der Waals surface area contributed by atoms with Crippen LogP contribution in [0.5, 0.6) is 0 Å². The zero-order valence-electron chi connectivity index (χ0n) is 11.1. The van der Waals surface area contributed by atoms with E-state index in [0.29, 0.717) is 19.0 Å². The molecule has 0 aromatic rings. The van der Waals surface area contributed by atoms with Crippen molar-refractivity contribution in [1.29, 1.82) is 0 Å². The Balaban J connectivity index is 2.05. The molecule has 2 aliphatic rings. The molecule has 106 valence electrons. The van der Waals surface area contributed by atoms with Crippen LogP contribution in [0.15, 0.2) is 11.3 Å². The number of rotatable bonds is 2. The Labute approximate surface area is 111 Å². The van der Waals surface area contributed by atoms with Crippen LogP contribution in [0.1, 0.15) is 19.3 Å². The van der Waals surface area contributed by atoms with E-state index in [4.69, 9.17) is 4.84 Å². The third kappa shape index (κ3) is 3.17. The SMILES string of the molecule is COC(=O)NC1=C2CN(OC(=O)OC)CC2CCC1. The zero-order chi connectivity index (χ0) is 13.8. The van der Waals surface area contributed by atoms with Crippen LogP contribution < -0.4 is 5.32 Å². The van der Waals surface area contributed by atoms with Crippen molar-refractivity contribution in [3.05, 3.63) is 11.3 Å². The molecule has 1 atom stereocenters. The van der Waals surface area contributed by atoms with Crippen LogP contribution >= 0.6 is 0 Å². The van der Waals surface area contributed by atoms with Gasteiger partial charge in [0.05, 0.1) is 20.8 Å². The molecule has 7 heteroatoms. The number of hydrogen-bond acceptors (Lipinski definition) is 6. The van der Waals surface area contributed by atoms with Crippen molar-refractivity contribution >= 4 is 12.2 Å². The summed E-state index contributed by atoms with van der Waals surface area (Å²) >= 11 is 0. The van der Waals surface area contributed by atoms with Gasteiger partial charge in [-0.2, -0.15) is 0 Å². The molecular weight excluding hydrogens is 252 g/mol. The molecule has 1 aliphatic carbocycles. The average Bonchev–Trinajstić information content (AvgIpc) is 2.81. The van der Waals surface area contributed by atoms with E-state index >= 15 is 0 Å². The Hall–Kier alpha value is -1.76. The predicted molar refractivity (Wildman–Crippen MR) is 65.0 cm³/mol. The second-order valence-corrected chi connectivity index (χ2v) is 4.58. The molecule has 1 N–H and O–H groups in total. The van der Waals surface area contributed by atoms with Crippen molar-refractivity contribution in [2.75, 3.05) is 27.3 Å². The number of fused-ring (bicyclic) bond motifs is 1. The lowest BCUT2D eigenvalue weighted by atomic mass is 9.88. The van der Waals surface area contributed by atoms with E-state index in [2.05, 4.69) is 14.8 Å². The third-order valence-corrected chi connectivity index (χ3v) is 3.44. The summed E-state index contributed by atoms with van der Waals surface area (Å²) in [5, 5.41) is 4.31. The Morgan fingerprint density at radius 2 is 2.11 bits per heavy atom. The molecule has 2 rings (SSSR count). The van der Waals surface area contributed by atoms with Gasteiger partial charge < -0.3 is 14.3 Å². The quantitative estimate of drug-likeness (QED) is 0.764. The molecule has 0 spiro atoms. The molecule has 7 nitrogen and oxygen atoms in total. The van der Waals surface area contributed by atoms with Crippen molar-refractivity contribution in [2.45, 2.75) is 19.3 Å². The first-order valence-corrected chi connectivity index (χ1v) is 6.21. The summed E-state index contributed by atoms with van der Waals surface area (Å²) in [6, 6.07) is 0. The van der Waals surface area contributed by atoms with E-state index in [1.54, 1.807) is 5.06 Å². The van der Waals surface area contributed by atoms with Gasteiger partial charge in [0.1, 0.15) is 0 Å². The molecule has 0 aromatic carbocycles. The average molecular weight is 270 g/mol. The summed E-state index contributed by atoms with van der Waals surface area (Å²) in [7, 11) is 2.61. The Kier molecular flexibility index (Phi) is 4.26. The first kappa shape index (κ1) is 13.7. The molecule has 1 unspecified atom stereocenters. The normalized spacial score (nSPS) is 22.7. The molecule has 1 fully saturated rings. The van der Waals surface area contributed by atoms with Gasteiger partial charge in [0.15, 0.2) is 0 Å². The largest absolute Gasteiger partial charge is 0.527 e. The number of nitrogens with zero attached hydrogens (tertiary/aromatic N) is 1. The molecule has 0 bridgehead atoms. The van der Waals surface area contributed by atoms with Crippen LogP contribution in [-0.4, -0.2) is 44.6 Å². The van der Waals surface area contributed by atoms with Crippen LogP contribution in [-0.2, 0) is 14.3 Å². The number of allylic oxidation sites excluding steroid dienone is 1. The molecule has 1 amide bonds. The fourth-order valence-electron chi connectivity index (χ4n) is 2.56. The summed E-state index contributed by atoms with van der Waals surface area (Å²) in [5.41, 5.74) is 2.00. The van der Waals surface area contributed by atoms with Gasteiger partial charge in [0.2, 0.25) is 0 Å². The number of methoxy groups -OCH3 is 2. The summed E-state index contributed by atoms with van der Waals surface area (Å²) in [6.07, 6.45) is 1.66. The number of alkyl carbamates (subject to hydrolysis) is 1. The maximum Gasteiger partial charge on any atom is 0.527 e. The highest BCUT2D eigenvalue weighted by Crippen LogP contribution is 2.35. The van der Waals surface area contributed by atoms with E-state index in [9.17, 15) is 9.59 Å². The molecular formula is C12H18N2O5. The van der Waals surface area contributed by atoms with Gasteiger partial charge >= 0.3 is 12.2 Å². The van der Waals surface area contributed by atoms with Crippen molar-refractivity contribution in [3.63, 3.8) is 0 Å². The minimum atomic E-state index is -0.721. The minimum Gasteiger partial charge on any atom is -0.453 e. The highest BCUT2D eigenvalue weighted by Gasteiger charge is 2.34. The number of hydroxylamine groups is 2. The van der Waals surface area contributed by atoms with Gasteiger partial charge in [-0.05, 0) is 30.8 Å². The van der Waals surface area contributed by atoms with Crippen molar-refractivity contribution in [3.8, 4) is 0 Å². The maximum atomic E-state index is 11.3. The molecule has 0 radical (unpaired) electrons. The number of carbonyl (C=O) groups excluding carboxylic acids is 2. The van der Waals surface area contributed by atoms with Gasteiger partial charge in [-0.1, -0.05) is 0 Å². The minimum absolute atomic E-state index is 0.311. The van der Waals surface area contributed by atoms with Crippen LogP contribution in [0.3, 0.4) is 0 Å². The number of ether oxygens (including phenoxy) is 2. The molecule has 0 aromatic heterocycles. The van der Waals surface area contributed by atoms with Gasteiger partial charge in [-0.15, -0.1) is 5.06 Å². The topological polar surface area (TPSA) is 77.1 Å². The highest BCUT2D eigenvalue weighted by atomic mass is 16.8. The smallest absolute Gasteiger partial charge is 0.453 e. The van der Waals surface area contributed by atoms with Crippen LogP contribution in [0.2, 0.25) is 0 Å². The van der Waals surface area contributed by atoms with Crippen LogP contribution in [0.25, 0.3) is 0 Å². The monoisotopic (exact) mass is 270 g/mol. The van der Waals surface area contributed by atoms with Gasteiger partial charge in [0.25, 0.3) is 0 Å². The van der Waals surface area contributed by atoms with E-state index in [0.717, 1.165) is 30.5 Å². The van der Waals surface area contributed by atoms with Crippen molar-refractivity contribution < 1.29 is 23.9 Å². The second kappa shape index (κ2) is 5.92. The maximum absolute atomic E-state index is 11.3. The number of carbonyl (C=O) groups is 2. The van der Waals surface area contributed by atoms with Crippen LogP contribution in [0, 0.1) is 5.92 Å². The predicted octanol–water partition coefficient (Wildman–Crippen LogP) is 1.41. The fraction of sp³-hybridized carbons (Fsp3) is 0.667. The summed E-state index contributed by atoms with van der Waals surface area (Å²) in [4.78, 5) is 27.4. The number of nitrogens with one attached hydrogen (secondary N) is 1. The van der Waals surface area contributed by atoms with E-state index in [-0.39, 0.29) is 0 Å². The van der Waals surface area contributed by atoms with Crippen molar-refractivity contribution in [1.82, 2.24) is 10.4 Å². The Bertz CT molecular complexity index is 407. The third-order valence-electron chi connectivity index (χ3n) is 3.44. The lowest BCUT2D eigenvalue weighted by molar-refractivity contribution is -0.109. The summed E-state index contributed by atoms with van der Waals surface area (Å²) < 4.78 is 9.07. The molecule has 0 saturated carbocycles. The zero-order valence-corrected chi connectivity index (χ0v) is 11.1. The number of hydrogen-bond donors (Lipinski definition) is 1. The molecule has 1 heterocycles. The fourth-order valence-corrected chi connectivity index (χ4v) is 2.56. The summed E-state index contributed by atoms with van der Waals surface area (Å²) in [5.74, 6) is 0.311. The molecule has 19 heavy (non-hydrogen) atoms. The van der Waals surface area contributed by atoms with Gasteiger partial charge in [-0.3, -0.25) is 5.32 Å². The second-order valence-electron chi connectivity index (χ2n) is 4.58. The number of amides is 1. The van der Waals surface area contributed by atoms with Gasteiger partial charge in [-0.25, -0.2) is 9.59 Å². The first-order chi connectivity index (χ1) is 9.13. The van der Waals surface area contributed by atoms with Gasteiger partial charge in [0, 0.05) is 12.2 Å². The lowest BCUT2D eigenvalue weighted by Crippen LogP contribution is -2.27. The van der Waals surface area contributed by atoms with E-state index in [1.165, 1.54) is 14.2 Å². The van der Waals surface area contributed by atoms with E-state index in [1.807, 2.05) is 0 Å². The Morgan fingerprint density at radius 1 is 1.32 bits per heavy atom. The lowest BCUT2D eigenvalue weighted by Gasteiger charge is -2.22. The summed E-state index contributed by atoms with van der Waals surface area (Å²) in [6.45, 7) is 1.13. The van der Waals surface area contributed by atoms with Crippen molar-refractivity contribution in [2.24, 2.45) is 5.92 Å². The molecule has 1 aliphatic heterocycles. The Morgan fingerprint density at radius 3 is 2.79 bits per heavy atom. The molecule has 1 saturated heterocycles.